The third-order valence-corrected chi connectivity index (χ3v) is 1.55. The molecule has 0 bridgehead atoms. The molecule has 3 nitrogen and oxygen atoms in total. The Balaban J connectivity index is 2.82. The Morgan fingerprint density at radius 3 is 2.90 bits per heavy atom. The van der Waals surface area contributed by atoms with E-state index in [4.69, 9.17) is 26.9 Å². The van der Waals surface area contributed by atoms with Gasteiger partial charge in [-0.05, 0) is 17.7 Å². The van der Waals surface area contributed by atoms with Crippen molar-refractivity contribution in [1.82, 2.24) is 0 Å². The van der Waals surface area contributed by atoms with Gasteiger partial charge in [0.1, 0.15) is 0 Å². The van der Waals surface area contributed by atoms with E-state index in [1.165, 1.54) is 6.26 Å². The standard InChI is InChI=1S/C6H8ClNO2/c7-6-4(1-2-10-6)5(8)3-9/h1-2,5,9H,3,8H2. The van der Waals surface area contributed by atoms with Gasteiger partial charge in [0.05, 0.1) is 18.9 Å². The highest BCUT2D eigenvalue weighted by molar-refractivity contribution is 6.29. The number of halogens is 1. The van der Waals surface area contributed by atoms with Crippen LogP contribution in [0.4, 0.5) is 0 Å². The van der Waals surface area contributed by atoms with Crippen molar-refractivity contribution < 1.29 is 9.52 Å². The van der Waals surface area contributed by atoms with E-state index in [0.29, 0.717) is 5.56 Å². The maximum absolute atomic E-state index is 8.61. The predicted octanol–water partition coefficient (Wildman–Crippen LogP) is 0.925. The molecule has 1 aromatic heterocycles. The van der Waals surface area contributed by atoms with Crippen molar-refractivity contribution >= 4 is 11.6 Å². The fraction of sp³-hybridized carbons (Fsp3) is 0.333. The third kappa shape index (κ3) is 1.31. The van der Waals surface area contributed by atoms with Crippen LogP contribution >= 0.6 is 11.6 Å². The lowest BCUT2D eigenvalue weighted by Gasteiger charge is -2.03. The molecule has 1 aromatic rings. The molecule has 10 heavy (non-hydrogen) atoms. The fourth-order valence-electron chi connectivity index (χ4n) is 0.668. The molecule has 1 atom stereocenters. The second-order valence-corrected chi connectivity index (χ2v) is 2.28. The molecule has 0 aliphatic heterocycles. The number of nitrogens with two attached hydrogens (primary N) is 1. The highest BCUT2D eigenvalue weighted by Crippen LogP contribution is 2.21. The number of hydrogen-bond acceptors (Lipinski definition) is 3. The minimum absolute atomic E-state index is 0.126. The SMILES string of the molecule is NC(CO)c1ccoc1Cl. The first-order chi connectivity index (χ1) is 4.75. The molecule has 0 amide bonds. The molecule has 0 saturated heterocycles. The second-order valence-electron chi connectivity index (χ2n) is 1.94. The second kappa shape index (κ2) is 3.05. The summed E-state index contributed by atoms with van der Waals surface area (Å²) in [6.45, 7) is -0.126. The van der Waals surface area contributed by atoms with Crippen LogP contribution < -0.4 is 5.73 Å². The molecule has 0 spiro atoms. The van der Waals surface area contributed by atoms with Crippen LogP contribution in [0.3, 0.4) is 0 Å². The van der Waals surface area contributed by atoms with Crippen LogP contribution in [-0.2, 0) is 0 Å². The van der Waals surface area contributed by atoms with Gasteiger partial charge in [-0.3, -0.25) is 0 Å². The Kier molecular flexibility index (Phi) is 2.32. The van der Waals surface area contributed by atoms with Crippen LogP contribution in [0.25, 0.3) is 0 Å². The monoisotopic (exact) mass is 161 g/mol. The molecule has 1 rings (SSSR count). The van der Waals surface area contributed by atoms with E-state index >= 15 is 0 Å². The molecule has 1 heterocycles. The van der Waals surface area contributed by atoms with Gasteiger partial charge in [-0.2, -0.15) is 0 Å². The number of rotatable bonds is 2. The van der Waals surface area contributed by atoms with Gasteiger partial charge in [-0.1, -0.05) is 0 Å². The highest BCUT2D eigenvalue weighted by atomic mass is 35.5. The van der Waals surface area contributed by atoms with Crippen LogP contribution in [0.2, 0.25) is 5.22 Å². The van der Waals surface area contributed by atoms with Gasteiger partial charge in [0, 0.05) is 5.56 Å². The molecule has 4 heteroatoms. The molecule has 0 aliphatic rings. The van der Waals surface area contributed by atoms with Crippen LogP contribution in [-0.4, -0.2) is 11.7 Å². The Morgan fingerprint density at radius 1 is 1.80 bits per heavy atom. The Labute approximate surface area is 63.4 Å². The van der Waals surface area contributed by atoms with Gasteiger partial charge in [0.2, 0.25) is 0 Å². The van der Waals surface area contributed by atoms with E-state index in [1.54, 1.807) is 6.07 Å². The topological polar surface area (TPSA) is 59.4 Å². The van der Waals surface area contributed by atoms with Gasteiger partial charge in [-0.25, -0.2) is 0 Å². The first kappa shape index (κ1) is 7.60. The van der Waals surface area contributed by atoms with Crippen molar-refractivity contribution in [2.45, 2.75) is 6.04 Å². The first-order valence-corrected chi connectivity index (χ1v) is 3.23. The van der Waals surface area contributed by atoms with Crippen molar-refractivity contribution in [3.63, 3.8) is 0 Å². The smallest absolute Gasteiger partial charge is 0.197 e. The molecule has 3 N–H and O–H groups in total. The maximum Gasteiger partial charge on any atom is 0.197 e. The highest BCUT2D eigenvalue weighted by Gasteiger charge is 2.10. The maximum atomic E-state index is 8.61. The van der Waals surface area contributed by atoms with Gasteiger partial charge in [-0.15, -0.1) is 0 Å². The Bertz CT molecular complexity index is 211. The number of furan rings is 1. The zero-order valence-electron chi connectivity index (χ0n) is 5.25. The lowest BCUT2D eigenvalue weighted by molar-refractivity contribution is 0.267. The minimum atomic E-state index is -0.439. The summed E-state index contributed by atoms with van der Waals surface area (Å²) < 4.78 is 4.76. The van der Waals surface area contributed by atoms with E-state index in [9.17, 15) is 0 Å². The van der Waals surface area contributed by atoms with Crippen molar-refractivity contribution in [2.75, 3.05) is 6.61 Å². The predicted molar refractivity (Wildman–Crippen MR) is 37.7 cm³/mol. The summed E-state index contributed by atoms with van der Waals surface area (Å²) in [6.07, 6.45) is 1.44. The summed E-state index contributed by atoms with van der Waals surface area (Å²) in [4.78, 5) is 0. The summed E-state index contributed by atoms with van der Waals surface area (Å²) >= 11 is 5.56. The van der Waals surface area contributed by atoms with Gasteiger partial charge >= 0.3 is 0 Å². The molecule has 0 aromatic carbocycles. The van der Waals surface area contributed by atoms with Crippen LogP contribution in [0.1, 0.15) is 11.6 Å². The molecule has 56 valence electrons. The minimum Gasteiger partial charge on any atom is -0.453 e. The summed E-state index contributed by atoms with van der Waals surface area (Å²) in [5.41, 5.74) is 6.09. The van der Waals surface area contributed by atoms with Crippen molar-refractivity contribution in [3.05, 3.63) is 23.1 Å². The third-order valence-electron chi connectivity index (χ3n) is 1.24. The summed E-state index contributed by atoms with van der Waals surface area (Å²) in [7, 11) is 0. The molecular formula is C6H8ClNO2. The van der Waals surface area contributed by atoms with Crippen LogP contribution in [0.15, 0.2) is 16.7 Å². The summed E-state index contributed by atoms with van der Waals surface area (Å²) in [5.74, 6) is 0. The van der Waals surface area contributed by atoms with Crippen LogP contribution in [0.5, 0.6) is 0 Å². The number of aliphatic hydroxyl groups is 1. The van der Waals surface area contributed by atoms with Gasteiger partial charge in [0.15, 0.2) is 5.22 Å². The molecule has 0 fully saturated rings. The van der Waals surface area contributed by atoms with Crippen molar-refractivity contribution in [3.8, 4) is 0 Å². The summed E-state index contributed by atoms with van der Waals surface area (Å²) in [6, 6.07) is 1.20. The Morgan fingerprint density at radius 2 is 2.50 bits per heavy atom. The van der Waals surface area contributed by atoms with E-state index in [2.05, 4.69) is 0 Å². The largest absolute Gasteiger partial charge is 0.453 e. The van der Waals surface area contributed by atoms with Crippen molar-refractivity contribution in [1.29, 1.82) is 0 Å². The number of hydrogen-bond donors (Lipinski definition) is 2. The van der Waals surface area contributed by atoms with E-state index in [-0.39, 0.29) is 11.8 Å². The van der Waals surface area contributed by atoms with E-state index < -0.39 is 6.04 Å². The number of aliphatic hydroxyl groups excluding tert-OH is 1. The molecule has 0 saturated carbocycles. The quantitative estimate of drug-likeness (QED) is 0.678. The molecular weight excluding hydrogens is 154 g/mol. The average molecular weight is 162 g/mol. The zero-order chi connectivity index (χ0) is 7.56. The van der Waals surface area contributed by atoms with Gasteiger partial charge < -0.3 is 15.3 Å². The van der Waals surface area contributed by atoms with E-state index in [1.807, 2.05) is 0 Å². The fourth-order valence-corrected chi connectivity index (χ4v) is 0.923. The zero-order valence-corrected chi connectivity index (χ0v) is 6.01. The first-order valence-electron chi connectivity index (χ1n) is 2.85. The lowest BCUT2D eigenvalue weighted by Crippen LogP contribution is -2.13. The van der Waals surface area contributed by atoms with Gasteiger partial charge in [0.25, 0.3) is 0 Å². The molecule has 0 aliphatic carbocycles. The van der Waals surface area contributed by atoms with Crippen molar-refractivity contribution in [2.24, 2.45) is 5.73 Å². The summed E-state index contributed by atoms with van der Waals surface area (Å²) in [5, 5.41) is 8.86. The average Bonchev–Trinajstić information content (AvgIpc) is 2.34. The lowest BCUT2D eigenvalue weighted by atomic mass is 10.2. The molecule has 1 unspecified atom stereocenters. The Hall–Kier alpha value is -0.510. The normalized spacial score (nSPS) is 13.5. The van der Waals surface area contributed by atoms with Crippen LogP contribution in [0, 0.1) is 0 Å². The van der Waals surface area contributed by atoms with E-state index in [0.717, 1.165) is 0 Å². The molecule has 0 radical (unpaired) electrons.